The van der Waals surface area contributed by atoms with Crippen LogP contribution >= 0.6 is 0 Å². The van der Waals surface area contributed by atoms with Gasteiger partial charge in [0.2, 0.25) is 5.91 Å². The van der Waals surface area contributed by atoms with E-state index in [2.05, 4.69) is 16.2 Å². The molecule has 0 spiro atoms. The first-order valence-electron chi connectivity index (χ1n) is 9.15. The molecule has 0 aliphatic heterocycles. The van der Waals surface area contributed by atoms with Crippen LogP contribution in [0, 0.1) is 13.8 Å². The summed E-state index contributed by atoms with van der Waals surface area (Å²) in [5, 5.41) is 2.46. The third kappa shape index (κ3) is 6.49. The van der Waals surface area contributed by atoms with Crippen LogP contribution in [0.25, 0.3) is 6.08 Å². The van der Waals surface area contributed by atoms with Crippen molar-refractivity contribution in [2.24, 2.45) is 0 Å². The van der Waals surface area contributed by atoms with Gasteiger partial charge in [-0.2, -0.15) is 0 Å². The second-order valence-corrected chi connectivity index (χ2v) is 6.55. The van der Waals surface area contributed by atoms with Gasteiger partial charge in [0.25, 0.3) is 11.8 Å². The molecule has 2 aromatic carbocycles. The lowest BCUT2D eigenvalue weighted by atomic mass is 10.1. The van der Waals surface area contributed by atoms with Crippen molar-refractivity contribution in [2.75, 3.05) is 0 Å². The van der Waals surface area contributed by atoms with Crippen molar-refractivity contribution in [3.63, 3.8) is 0 Å². The summed E-state index contributed by atoms with van der Waals surface area (Å²) in [5.41, 5.74) is 7.34. The molecule has 7 heteroatoms. The van der Waals surface area contributed by atoms with Gasteiger partial charge >= 0.3 is 0 Å². The van der Waals surface area contributed by atoms with Gasteiger partial charge in [-0.05, 0) is 49.6 Å². The van der Waals surface area contributed by atoms with Crippen LogP contribution in [0.4, 0.5) is 0 Å². The molecule has 0 aromatic heterocycles. The predicted molar refractivity (Wildman–Crippen MR) is 111 cm³/mol. The van der Waals surface area contributed by atoms with Crippen molar-refractivity contribution in [1.82, 2.24) is 16.2 Å². The summed E-state index contributed by atoms with van der Waals surface area (Å²) in [6.45, 7) is 6.74. The number of nitrogens with one attached hydrogen (secondary N) is 3. The van der Waals surface area contributed by atoms with E-state index in [1.165, 1.54) is 13.0 Å². The maximum Gasteiger partial charge on any atom is 0.286 e. The van der Waals surface area contributed by atoms with Crippen LogP contribution in [0.1, 0.15) is 30.5 Å². The molecule has 0 heterocycles. The fraction of sp³-hybridized carbons (Fsp3) is 0.227. The average molecular weight is 395 g/mol. The highest BCUT2D eigenvalue weighted by molar-refractivity contribution is 6.01. The Morgan fingerprint density at radius 3 is 2.31 bits per heavy atom. The number of carbonyl (C=O) groups is 3. The second-order valence-electron chi connectivity index (χ2n) is 6.55. The third-order valence-corrected chi connectivity index (χ3v) is 4.19. The van der Waals surface area contributed by atoms with Crippen LogP contribution in [0.2, 0.25) is 0 Å². The van der Waals surface area contributed by atoms with E-state index in [0.717, 1.165) is 16.7 Å². The van der Waals surface area contributed by atoms with Crippen LogP contribution in [-0.4, -0.2) is 23.8 Å². The lowest BCUT2D eigenvalue weighted by Crippen LogP contribution is -2.49. The predicted octanol–water partition coefficient (Wildman–Crippen LogP) is 2.40. The molecule has 0 aliphatic rings. The van der Waals surface area contributed by atoms with E-state index in [1.807, 2.05) is 44.2 Å². The van der Waals surface area contributed by atoms with Gasteiger partial charge in [0.05, 0.1) is 0 Å². The minimum Gasteiger partial charge on any atom is -0.481 e. The number of hydrogen-bond donors (Lipinski definition) is 3. The molecule has 1 atom stereocenters. The maximum absolute atomic E-state index is 12.4. The highest BCUT2D eigenvalue weighted by Crippen LogP contribution is 2.21. The lowest BCUT2D eigenvalue weighted by molar-refractivity contribution is -0.131. The quantitative estimate of drug-likeness (QED) is 0.517. The summed E-state index contributed by atoms with van der Waals surface area (Å²) in [6.07, 6.45) is 0.678. The molecule has 3 amide bonds. The van der Waals surface area contributed by atoms with E-state index >= 15 is 0 Å². The van der Waals surface area contributed by atoms with Crippen molar-refractivity contribution in [1.29, 1.82) is 0 Å². The Morgan fingerprint density at radius 1 is 0.966 bits per heavy atom. The topological polar surface area (TPSA) is 96.5 Å². The summed E-state index contributed by atoms with van der Waals surface area (Å²) < 4.78 is 5.69. The standard InChI is InChI=1S/C22H25N3O4/c1-14-9-8-12-20(15(14)2)29-16(3)21(27)24-25-22(28)19(23-17(4)26)13-18-10-6-5-7-11-18/h5-13,16H,1-4H3,(H,23,26)(H,24,27)(H,25,28)/b19-13-/t16-/m0/s1. The molecule has 29 heavy (non-hydrogen) atoms. The van der Waals surface area contributed by atoms with Gasteiger partial charge < -0.3 is 10.1 Å². The van der Waals surface area contributed by atoms with Crippen molar-refractivity contribution >= 4 is 23.8 Å². The number of rotatable bonds is 6. The first-order chi connectivity index (χ1) is 13.8. The number of hydrazine groups is 1. The molecule has 152 valence electrons. The monoisotopic (exact) mass is 395 g/mol. The van der Waals surface area contributed by atoms with Gasteiger partial charge in [-0.15, -0.1) is 0 Å². The zero-order chi connectivity index (χ0) is 21.4. The fourth-order valence-corrected chi connectivity index (χ4v) is 2.45. The third-order valence-electron chi connectivity index (χ3n) is 4.19. The summed E-state index contributed by atoms with van der Waals surface area (Å²) in [4.78, 5) is 36.1. The number of amides is 3. The zero-order valence-corrected chi connectivity index (χ0v) is 16.9. The lowest BCUT2D eigenvalue weighted by Gasteiger charge is -2.17. The van der Waals surface area contributed by atoms with Gasteiger partial charge in [0.15, 0.2) is 6.10 Å². The maximum atomic E-state index is 12.4. The molecule has 0 bridgehead atoms. The Morgan fingerprint density at radius 2 is 1.66 bits per heavy atom. The molecule has 0 saturated carbocycles. The molecule has 0 fully saturated rings. The van der Waals surface area contributed by atoms with E-state index in [0.29, 0.717) is 5.75 Å². The molecule has 0 saturated heterocycles. The van der Waals surface area contributed by atoms with Crippen LogP contribution < -0.4 is 20.9 Å². The zero-order valence-electron chi connectivity index (χ0n) is 16.9. The summed E-state index contributed by atoms with van der Waals surface area (Å²) in [5.74, 6) is -0.986. The van der Waals surface area contributed by atoms with Crippen molar-refractivity contribution in [3.05, 3.63) is 70.9 Å². The van der Waals surface area contributed by atoms with Crippen LogP contribution in [0.3, 0.4) is 0 Å². The average Bonchev–Trinajstić information content (AvgIpc) is 2.69. The Kier molecular flexibility index (Phi) is 7.54. The van der Waals surface area contributed by atoms with Gasteiger partial charge in [0, 0.05) is 6.92 Å². The number of hydrogen-bond acceptors (Lipinski definition) is 4. The number of carbonyl (C=O) groups excluding carboxylic acids is 3. The Bertz CT molecular complexity index is 923. The summed E-state index contributed by atoms with van der Waals surface area (Å²) in [6, 6.07) is 14.6. The molecule has 0 radical (unpaired) electrons. The molecule has 2 aromatic rings. The molecular formula is C22H25N3O4. The molecule has 0 aliphatic carbocycles. The highest BCUT2D eigenvalue weighted by Gasteiger charge is 2.18. The van der Waals surface area contributed by atoms with Crippen molar-refractivity contribution in [2.45, 2.75) is 33.8 Å². The first-order valence-corrected chi connectivity index (χ1v) is 9.15. The molecule has 3 N–H and O–H groups in total. The molecular weight excluding hydrogens is 370 g/mol. The Balaban J connectivity index is 2.01. The van der Waals surface area contributed by atoms with Crippen LogP contribution in [0.5, 0.6) is 5.75 Å². The molecule has 0 unspecified atom stereocenters. The van der Waals surface area contributed by atoms with E-state index in [1.54, 1.807) is 25.1 Å². The molecule has 7 nitrogen and oxygen atoms in total. The fourth-order valence-electron chi connectivity index (χ4n) is 2.45. The van der Waals surface area contributed by atoms with E-state index < -0.39 is 23.8 Å². The van der Waals surface area contributed by atoms with E-state index in [-0.39, 0.29) is 5.70 Å². The summed E-state index contributed by atoms with van der Waals surface area (Å²) in [7, 11) is 0. The number of benzene rings is 2. The van der Waals surface area contributed by atoms with Gasteiger partial charge in [0.1, 0.15) is 11.4 Å². The highest BCUT2D eigenvalue weighted by atomic mass is 16.5. The molecule has 2 rings (SSSR count). The smallest absolute Gasteiger partial charge is 0.286 e. The first kappa shape index (κ1) is 21.7. The van der Waals surface area contributed by atoms with Gasteiger partial charge in [-0.25, -0.2) is 0 Å². The Hall–Kier alpha value is -3.61. The van der Waals surface area contributed by atoms with Crippen molar-refractivity contribution in [3.8, 4) is 5.75 Å². The normalized spacial score (nSPS) is 11.9. The Labute approximate surface area is 170 Å². The largest absolute Gasteiger partial charge is 0.481 e. The van der Waals surface area contributed by atoms with Gasteiger partial charge in [-0.3, -0.25) is 25.2 Å². The minimum absolute atomic E-state index is 0.00657. The summed E-state index contributed by atoms with van der Waals surface area (Å²) >= 11 is 0. The van der Waals surface area contributed by atoms with Crippen LogP contribution in [0.15, 0.2) is 54.2 Å². The minimum atomic E-state index is -0.835. The van der Waals surface area contributed by atoms with Gasteiger partial charge in [-0.1, -0.05) is 42.5 Å². The van der Waals surface area contributed by atoms with Crippen LogP contribution in [-0.2, 0) is 14.4 Å². The number of aryl methyl sites for hydroxylation is 1. The van der Waals surface area contributed by atoms with E-state index in [4.69, 9.17) is 4.74 Å². The SMILES string of the molecule is CC(=O)N/C(=C\c1ccccc1)C(=O)NNC(=O)[C@H](C)Oc1cccc(C)c1C. The number of ether oxygens (including phenoxy) is 1. The second kappa shape index (κ2) is 10.1. The van der Waals surface area contributed by atoms with Crippen molar-refractivity contribution < 1.29 is 19.1 Å². The van der Waals surface area contributed by atoms with E-state index in [9.17, 15) is 14.4 Å².